The summed E-state index contributed by atoms with van der Waals surface area (Å²) in [6.07, 6.45) is 5.63. The van der Waals surface area contributed by atoms with E-state index in [1.165, 1.54) is 0 Å². The van der Waals surface area contributed by atoms with E-state index < -0.39 is 0 Å². The molecule has 1 aliphatic rings. The highest BCUT2D eigenvalue weighted by Gasteiger charge is 2.15. The van der Waals surface area contributed by atoms with Gasteiger partial charge in [-0.05, 0) is 37.1 Å². The summed E-state index contributed by atoms with van der Waals surface area (Å²) in [7, 11) is 0. The van der Waals surface area contributed by atoms with Gasteiger partial charge in [0.15, 0.2) is 0 Å². The molecule has 1 heterocycles. The summed E-state index contributed by atoms with van der Waals surface area (Å²) in [6.45, 7) is 6.88. The van der Waals surface area contributed by atoms with E-state index in [4.69, 9.17) is 9.57 Å². The standard InChI is InChI=1S/C18H28N2O3/c1-3-5-17(6-4-2)23-18-9-7-16(8-10-18)20-12-11-19(15-21)13-14-22-20/h7-10,15,17H,3-6,11-14H2,1-2H3. The summed E-state index contributed by atoms with van der Waals surface area (Å²) in [6, 6.07) is 8.03. The maximum absolute atomic E-state index is 10.8. The lowest BCUT2D eigenvalue weighted by Gasteiger charge is -2.22. The van der Waals surface area contributed by atoms with Gasteiger partial charge in [0.2, 0.25) is 6.41 Å². The van der Waals surface area contributed by atoms with Gasteiger partial charge in [-0.2, -0.15) is 0 Å². The molecule has 1 aromatic carbocycles. The van der Waals surface area contributed by atoms with Crippen LogP contribution in [-0.2, 0) is 9.63 Å². The van der Waals surface area contributed by atoms with Crippen LogP contribution in [0.25, 0.3) is 0 Å². The zero-order chi connectivity index (χ0) is 16.5. The molecule has 0 N–H and O–H groups in total. The van der Waals surface area contributed by atoms with Crippen molar-refractivity contribution in [2.75, 3.05) is 31.3 Å². The average molecular weight is 320 g/mol. The first-order chi connectivity index (χ1) is 11.3. The van der Waals surface area contributed by atoms with Crippen molar-refractivity contribution in [3.05, 3.63) is 24.3 Å². The Labute approximate surface area is 139 Å². The first kappa shape index (κ1) is 17.6. The number of amides is 1. The maximum Gasteiger partial charge on any atom is 0.209 e. The number of nitrogens with zero attached hydrogens (tertiary/aromatic N) is 2. The summed E-state index contributed by atoms with van der Waals surface area (Å²) in [4.78, 5) is 18.3. The highest BCUT2D eigenvalue weighted by Crippen LogP contribution is 2.23. The van der Waals surface area contributed by atoms with Crippen molar-refractivity contribution in [3.8, 4) is 5.75 Å². The van der Waals surface area contributed by atoms with E-state index in [0.29, 0.717) is 32.3 Å². The van der Waals surface area contributed by atoms with E-state index >= 15 is 0 Å². The van der Waals surface area contributed by atoms with Gasteiger partial charge in [-0.3, -0.25) is 14.7 Å². The Morgan fingerprint density at radius 1 is 1.13 bits per heavy atom. The predicted molar refractivity (Wildman–Crippen MR) is 91.6 cm³/mol. The van der Waals surface area contributed by atoms with E-state index in [-0.39, 0.29) is 0 Å². The van der Waals surface area contributed by atoms with Crippen molar-refractivity contribution in [3.63, 3.8) is 0 Å². The van der Waals surface area contributed by atoms with Crippen molar-refractivity contribution < 1.29 is 14.4 Å². The van der Waals surface area contributed by atoms with Gasteiger partial charge in [-0.15, -0.1) is 0 Å². The Bertz CT molecular complexity index is 458. The van der Waals surface area contributed by atoms with Gasteiger partial charge in [-0.1, -0.05) is 26.7 Å². The third-order valence-corrected chi connectivity index (χ3v) is 4.01. The van der Waals surface area contributed by atoms with Crippen molar-refractivity contribution in [1.82, 2.24) is 4.90 Å². The van der Waals surface area contributed by atoms with Crippen LogP contribution in [0.2, 0.25) is 0 Å². The fourth-order valence-electron chi connectivity index (χ4n) is 2.76. The lowest BCUT2D eigenvalue weighted by atomic mass is 10.1. The summed E-state index contributed by atoms with van der Waals surface area (Å²) < 4.78 is 6.08. The number of carbonyl (C=O) groups is 1. The zero-order valence-electron chi connectivity index (χ0n) is 14.2. The summed E-state index contributed by atoms with van der Waals surface area (Å²) in [5.41, 5.74) is 0.993. The molecule has 1 aromatic rings. The Hall–Kier alpha value is -1.75. The molecule has 0 spiro atoms. The van der Waals surface area contributed by atoms with Gasteiger partial charge in [0.1, 0.15) is 5.75 Å². The molecule has 1 aliphatic heterocycles. The molecule has 0 saturated carbocycles. The van der Waals surface area contributed by atoms with Crippen molar-refractivity contribution >= 4 is 12.1 Å². The third-order valence-electron chi connectivity index (χ3n) is 4.01. The van der Waals surface area contributed by atoms with Crippen LogP contribution in [0.15, 0.2) is 24.3 Å². The van der Waals surface area contributed by atoms with Crippen molar-refractivity contribution in [1.29, 1.82) is 0 Å². The molecule has 1 saturated heterocycles. The predicted octanol–water partition coefficient (Wildman–Crippen LogP) is 3.24. The van der Waals surface area contributed by atoms with Crippen LogP contribution in [0.1, 0.15) is 39.5 Å². The molecule has 1 amide bonds. The molecule has 0 bridgehead atoms. The molecule has 0 atom stereocenters. The van der Waals surface area contributed by atoms with Crippen LogP contribution >= 0.6 is 0 Å². The molecule has 5 heteroatoms. The number of hydrogen-bond acceptors (Lipinski definition) is 4. The monoisotopic (exact) mass is 320 g/mol. The number of hydrogen-bond donors (Lipinski definition) is 0. The van der Waals surface area contributed by atoms with Crippen LogP contribution < -0.4 is 9.80 Å². The molecular weight excluding hydrogens is 292 g/mol. The van der Waals surface area contributed by atoms with Crippen LogP contribution in [0.3, 0.4) is 0 Å². The number of rotatable bonds is 8. The van der Waals surface area contributed by atoms with Crippen molar-refractivity contribution in [2.24, 2.45) is 0 Å². The number of carbonyl (C=O) groups excluding carboxylic acids is 1. The van der Waals surface area contributed by atoms with Gasteiger partial charge < -0.3 is 9.64 Å². The Balaban J connectivity index is 1.94. The smallest absolute Gasteiger partial charge is 0.209 e. The maximum atomic E-state index is 10.8. The lowest BCUT2D eigenvalue weighted by Crippen LogP contribution is -2.29. The largest absolute Gasteiger partial charge is 0.490 e. The quantitative estimate of drug-likeness (QED) is 0.690. The molecule has 5 nitrogen and oxygen atoms in total. The molecule has 0 aromatic heterocycles. The second kappa shape index (κ2) is 9.40. The summed E-state index contributed by atoms with van der Waals surface area (Å²) >= 11 is 0. The minimum atomic E-state index is 0.298. The highest BCUT2D eigenvalue weighted by atomic mass is 16.7. The first-order valence-electron chi connectivity index (χ1n) is 8.63. The van der Waals surface area contributed by atoms with Crippen LogP contribution in [-0.4, -0.2) is 43.7 Å². The normalized spacial score (nSPS) is 15.6. The molecule has 0 unspecified atom stereocenters. The summed E-state index contributed by atoms with van der Waals surface area (Å²) in [5, 5.41) is 1.85. The van der Waals surface area contributed by atoms with Gasteiger partial charge >= 0.3 is 0 Å². The van der Waals surface area contributed by atoms with E-state index in [9.17, 15) is 4.79 Å². The van der Waals surface area contributed by atoms with Gasteiger partial charge in [0.05, 0.1) is 24.9 Å². The van der Waals surface area contributed by atoms with E-state index in [1.807, 2.05) is 29.3 Å². The van der Waals surface area contributed by atoms with Crippen LogP contribution in [0, 0.1) is 0 Å². The van der Waals surface area contributed by atoms with E-state index in [2.05, 4.69) is 13.8 Å². The SMILES string of the molecule is CCCC(CCC)Oc1ccc(N2CCN(C=O)CCO2)cc1. The Morgan fingerprint density at radius 3 is 2.43 bits per heavy atom. The molecule has 23 heavy (non-hydrogen) atoms. The van der Waals surface area contributed by atoms with Gasteiger partial charge in [0.25, 0.3) is 0 Å². The van der Waals surface area contributed by atoms with Crippen LogP contribution in [0.4, 0.5) is 5.69 Å². The van der Waals surface area contributed by atoms with Gasteiger partial charge in [-0.25, -0.2) is 0 Å². The Kier molecular flexibility index (Phi) is 7.20. The lowest BCUT2D eigenvalue weighted by molar-refractivity contribution is -0.118. The molecule has 2 rings (SSSR count). The second-order valence-corrected chi connectivity index (χ2v) is 5.89. The minimum absolute atomic E-state index is 0.298. The highest BCUT2D eigenvalue weighted by molar-refractivity contribution is 5.49. The Morgan fingerprint density at radius 2 is 1.83 bits per heavy atom. The fraction of sp³-hybridized carbons (Fsp3) is 0.611. The number of benzene rings is 1. The number of ether oxygens (including phenoxy) is 1. The fourth-order valence-corrected chi connectivity index (χ4v) is 2.76. The average Bonchev–Trinajstić information content (AvgIpc) is 2.81. The van der Waals surface area contributed by atoms with Crippen LogP contribution in [0.5, 0.6) is 5.75 Å². The first-order valence-corrected chi connectivity index (χ1v) is 8.63. The topological polar surface area (TPSA) is 42.0 Å². The molecule has 1 fully saturated rings. The third kappa shape index (κ3) is 5.43. The molecule has 128 valence electrons. The van der Waals surface area contributed by atoms with Gasteiger partial charge in [0, 0.05) is 13.1 Å². The second-order valence-electron chi connectivity index (χ2n) is 5.89. The van der Waals surface area contributed by atoms with E-state index in [0.717, 1.165) is 43.5 Å². The zero-order valence-corrected chi connectivity index (χ0v) is 14.2. The molecule has 0 aliphatic carbocycles. The summed E-state index contributed by atoms with van der Waals surface area (Å²) in [5.74, 6) is 0.907. The van der Waals surface area contributed by atoms with Crippen molar-refractivity contribution in [2.45, 2.75) is 45.6 Å². The molecular formula is C18H28N2O3. The number of hydroxylamine groups is 1. The minimum Gasteiger partial charge on any atom is -0.490 e. The van der Waals surface area contributed by atoms with E-state index in [1.54, 1.807) is 4.90 Å². The molecule has 0 radical (unpaired) electrons. The number of anilines is 1.